The molecule has 126 valence electrons. The Labute approximate surface area is 137 Å². The molecule has 2 atom stereocenters. The lowest BCUT2D eigenvalue weighted by Crippen LogP contribution is -2.39. The lowest BCUT2D eigenvalue weighted by atomic mass is 9.70. The fourth-order valence-corrected chi connectivity index (χ4v) is 3.33. The molecule has 0 saturated heterocycles. The summed E-state index contributed by atoms with van der Waals surface area (Å²) in [5, 5.41) is 41.3. The molecule has 0 aliphatic heterocycles. The van der Waals surface area contributed by atoms with Gasteiger partial charge in [0, 0.05) is 11.5 Å². The summed E-state index contributed by atoms with van der Waals surface area (Å²) in [5.41, 5.74) is 1.26. The number of rotatable bonds is 5. The number of phenolic OH excluding ortho intramolecular Hbond substituents is 2. The molecule has 0 heterocycles. The Hall–Kier alpha value is -1.78. The van der Waals surface area contributed by atoms with Crippen molar-refractivity contribution >= 4 is 0 Å². The van der Waals surface area contributed by atoms with Gasteiger partial charge in [-0.1, -0.05) is 26.0 Å². The molecule has 4 nitrogen and oxygen atoms in total. The van der Waals surface area contributed by atoms with Crippen LogP contribution < -0.4 is 0 Å². The normalized spacial score (nSPS) is 24.3. The van der Waals surface area contributed by atoms with Gasteiger partial charge in [0.05, 0.1) is 12.2 Å². The molecule has 4 heteroatoms. The van der Waals surface area contributed by atoms with Gasteiger partial charge in [-0.25, -0.2) is 0 Å². The number of aryl methyl sites for hydroxylation is 1. The van der Waals surface area contributed by atoms with E-state index in [1.165, 1.54) is 0 Å². The molecule has 0 bridgehead atoms. The van der Waals surface area contributed by atoms with Gasteiger partial charge in [0.1, 0.15) is 11.5 Å². The predicted octanol–water partition coefficient (Wildman–Crippen LogP) is 3.15. The highest BCUT2D eigenvalue weighted by molar-refractivity contribution is 5.53. The maximum Gasteiger partial charge on any atom is 0.123 e. The van der Waals surface area contributed by atoms with Gasteiger partial charge in [-0.3, -0.25) is 0 Å². The quantitative estimate of drug-likeness (QED) is 0.629. The number of hydrogen-bond acceptors (Lipinski definition) is 4. The third-order valence-electron chi connectivity index (χ3n) is 4.73. The van der Waals surface area contributed by atoms with Gasteiger partial charge < -0.3 is 20.4 Å². The van der Waals surface area contributed by atoms with E-state index in [2.05, 4.69) is 6.58 Å². The number of aromatic hydroxyl groups is 2. The number of hydrogen-bond donors (Lipinski definition) is 4. The zero-order valence-electron chi connectivity index (χ0n) is 13.8. The van der Waals surface area contributed by atoms with Crippen LogP contribution in [-0.2, 0) is 6.42 Å². The minimum atomic E-state index is -1.25. The van der Waals surface area contributed by atoms with Gasteiger partial charge >= 0.3 is 0 Å². The minimum absolute atomic E-state index is 0.0337. The molecule has 4 N–H and O–H groups in total. The summed E-state index contributed by atoms with van der Waals surface area (Å²) < 4.78 is 0. The van der Waals surface area contributed by atoms with Gasteiger partial charge in [0.15, 0.2) is 0 Å². The predicted molar refractivity (Wildman–Crippen MR) is 90.7 cm³/mol. The third-order valence-corrected chi connectivity index (χ3v) is 4.73. The summed E-state index contributed by atoms with van der Waals surface area (Å²) in [7, 11) is 0. The van der Waals surface area contributed by atoms with Crippen molar-refractivity contribution in [3.8, 4) is 11.5 Å². The first-order valence-corrected chi connectivity index (χ1v) is 8.07. The molecule has 0 unspecified atom stereocenters. The van der Waals surface area contributed by atoms with E-state index in [0.717, 1.165) is 24.0 Å². The molecule has 0 amide bonds. The summed E-state index contributed by atoms with van der Waals surface area (Å²) in [6.45, 7) is 7.55. The molecule has 0 aromatic heterocycles. The van der Waals surface area contributed by atoms with E-state index in [1.54, 1.807) is 25.1 Å². The zero-order valence-corrected chi connectivity index (χ0v) is 13.8. The van der Waals surface area contributed by atoms with Gasteiger partial charge in [-0.15, -0.1) is 0 Å². The zero-order chi connectivity index (χ0) is 17.2. The molecule has 0 fully saturated rings. The van der Waals surface area contributed by atoms with Crippen LogP contribution in [0.15, 0.2) is 35.9 Å². The van der Waals surface area contributed by atoms with Crippen molar-refractivity contribution in [2.45, 2.75) is 51.0 Å². The molecular weight excluding hydrogens is 292 g/mol. The topological polar surface area (TPSA) is 80.9 Å². The largest absolute Gasteiger partial charge is 0.507 e. The standard InChI is InChI=1S/C19H26O4/c1-4-5-13-9-16(21)18(17(22)10-13)15-8-14(11-20)6-7-19(15,23)12(2)3/h8-10,15,20-23H,2,4-7,11H2,1,3H3/t15-,19+/m0/s1. The van der Waals surface area contributed by atoms with Crippen molar-refractivity contribution in [1.82, 2.24) is 0 Å². The van der Waals surface area contributed by atoms with E-state index in [0.29, 0.717) is 24.0 Å². The van der Waals surface area contributed by atoms with Crippen molar-refractivity contribution in [1.29, 1.82) is 0 Å². The molecule has 1 aromatic rings. The van der Waals surface area contributed by atoms with Crippen LogP contribution in [0.2, 0.25) is 0 Å². The van der Waals surface area contributed by atoms with Crippen LogP contribution in [0.3, 0.4) is 0 Å². The Morgan fingerprint density at radius 2 is 1.91 bits per heavy atom. The van der Waals surface area contributed by atoms with Crippen LogP contribution in [0.1, 0.15) is 50.2 Å². The Bertz CT molecular complexity index is 609. The van der Waals surface area contributed by atoms with Gasteiger partial charge in [-0.2, -0.15) is 0 Å². The number of aliphatic hydroxyl groups excluding tert-OH is 1. The molecule has 2 rings (SSSR count). The highest BCUT2D eigenvalue weighted by Gasteiger charge is 2.42. The number of aliphatic hydroxyl groups is 2. The van der Waals surface area contributed by atoms with Crippen molar-refractivity contribution < 1.29 is 20.4 Å². The van der Waals surface area contributed by atoms with E-state index >= 15 is 0 Å². The highest BCUT2D eigenvalue weighted by atomic mass is 16.3. The Balaban J connectivity index is 2.58. The monoisotopic (exact) mass is 318 g/mol. The second-order valence-electron chi connectivity index (χ2n) is 6.46. The van der Waals surface area contributed by atoms with Crippen LogP contribution in [0.25, 0.3) is 0 Å². The minimum Gasteiger partial charge on any atom is -0.507 e. The van der Waals surface area contributed by atoms with Crippen LogP contribution >= 0.6 is 0 Å². The summed E-state index contributed by atoms with van der Waals surface area (Å²) in [6.07, 6.45) is 4.37. The average Bonchev–Trinajstić information content (AvgIpc) is 2.48. The Morgan fingerprint density at radius 3 is 2.39 bits per heavy atom. The highest BCUT2D eigenvalue weighted by Crippen LogP contribution is 2.48. The number of benzene rings is 1. The first-order chi connectivity index (χ1) is 10.8. The third kappa shape index (κ3) is 3.28. The van der Waals surface area contributed by atoms with Gasteiger partial charge in [0.2, 0.25) is 0 Å². The molecule has 0 radical (unpaired) electrons. The van der Waals surface area contributed by atoms with E-state index in [9.17, 15) is 20.4 Å². The second kappa shape index (κ2) is 6.77. The first kappa shape index (κ1) is 17.6. The molecule has 1 aliphatic carbocycles. The lowest BCUT2D eigenvalue weighted by Gasteiger charge is -2.40. The lowest BCUT2D eigenvalue weighted by molar-refractivity contribution is 0.0465. The van der Waals surface area contributed by atoms with Crippen molar-refractivity contribution in [2.75, 3.05) is 6.61 Å². The van der Waals surface area contributed by atoms with E-state index in [4.69, 9.17) is 0 Å². The van der Waals surface area contributed by atoms with Gasteiger partial charge in [-0.05, 0) is 55.0 Å². The van der Waals surface area contributed by atoms with Crippen molar-refractivity contribution in [3.63, 3.8) is 0 Å². The van der Waals surface area contributed by atoms with E-state index < -0.39 is 11.5 Å². The van der Waals surface area contributed by atoms with Crippen LogP contribution in [0.5, 0.6) is 11.5 Å². The smallest absolute Gasteiger partial charge is 0.123 e. The fraction of sp³-hybridized carbons (Fsp3) is 0.474. The molecular formula is C19H26O4. The summed E-state index contributed by atoms with van der Waals surface area (Å²) in [6, 6.07) is 3.27. The van der Waals surface area contributed by atoms with Gasteiger partial charge in [0.25, 0.3) is 0 Å². The van der Waals surface area contributed by atoms with Crippen LogP contribution in [0, 0.1) is 0 Å². The average molecular weight is 318 g/mol. The molecule has 1 aromatic carbocycles. The Morgan fingerprint density at radius 1 is 1.30 bits per heavy atom. The first-order valence-electron chi connectivity index (χ1n) is 8.07. The maximum atomic E-state index is 11.0. The maximum absolute atomic E-state index is 11.0. The molecule has 23 heavy (non-hydrogen) atoms. The summed E-state index contributed by atoms with van der Waals surface area (Å²) >= 11 is 0. The SMILES string of the molecule is C=C(C)[C@]1(O)CCC(CO)=C[C@H]1c1c(O)cc(CCC)cc1O. The van der Waals surface area contributed by atoms with Crippen LogP contribution in [-0.4, -0.2) is 32.6 Å². The molecule has 0 spiro atoms. The molecule has 1 aliphatic rings. The van der Waals surface area contributed by atoms with Crippen molar-refractivity contribution in [2.24, 2.45) is 0 Å². The molecule has 0 saturated carbocycles. The Kier molecular flexibility index (Phi) is 5.17. The van der Waals surface area contributed by atoms with Crippen LogP contribution in [0.4, 0.5) is 0 Å². The number of phenols is 2. The fourth-order valence-electron chi connectivity index (χ4n) is 3.33. The summed E-state index contributed by atoms with van der Waals surface area (Å²) in [4.78, 5) is 0. The second-order valence-corrected chi connectivity index (χ2v) is 6.46. The van der Waals surface area contributed by atoms with E-state index in [1.807, 2.05) is 6.92 Å². The van der Waals surface area contributed by atoms with Crippen molar-refractivity contribution in [3.05, 3.63) is 47.1 Å². The summed E-state index contributed by atoms with van der Waals surface area (Å²) in [5.74, 6) is -0.700. The van der Waals surface area contributed by atoms with E-state index in [-0.39, 0.29) is 18.1 Å².